The Morgan fingerprint density at radius 1 is 1.40 bits per heavy atom. The third-order valence-electron chi connectivity index (χ3n) is 4.35. The van der Waals surface area contributed by atoms with E-state index in [4.69, 9.17) is 5.73 Å². The summed E-state index contributed by atoms with van der Waals surface area (Å²) in [5, 5.41) is 0. The molecule has 2 rings (SSSR count). The molecule has 1 aromatic rings. The maximum absolute atomic E-state index is 13.0. The smallest absolute Gasteiger partial charge is 0.416 e. The molecule has 1 aliphatic heterocycles. The zero-order chi connectivity index (χ0) is 19.0. The number of carbonyl (C=O) groups is 1. The molecule has 1 unspecified atom stereocenters. The van der Waals surface area contributed by atoms with Crippen LogP contribution in [-0.4, -0.2) is 45.4 Å². The monoisotopic (exact) mass is 380 g/mol. The first-order valence-corrected chi connectivity index (χ1v) is 8.88. The van der Waals surface area contributed by atoms with Gasteiger partial charge in [-0.2, -0.15) is 17.5 Å². The first kappa shape index (κ1) is 19.7. The van der Waals surface area contributed by atoms with Crippen molar-refractivity contribution in [3.05, 3.63) is 29.3 Å². The maximum Gasteiger partial charge on any atom is 0.416 e. The number of sulfonamides is 1. The lowest BCUT2D eigenvalue weighted by molar-refractivity contribution is -0.137. The van der Waals surface area contributed by atoms with Gasteiger partial charge in [-0.3, -0.25) is 0 Å². The minimum atomic E-state index is -4.74. The number of carbonyl (C=O) groups excluding carboxylic acids is 1. The summed E-state index contributed by atoms with van der Waals surface area (Å²) >= 11 is 0. The Kier molecular flexibility index (Phi) is 5.18. The second-order valence-electron chi connectivity index (χ2n) is 6.30. The van der Waals surface area contributed by atoms with E-state index in [-0.39, 0.29) is 19.6 Å². The number of rotatable bonds is 4. The van der Waals surface area contributed by atoms with Gasteiger partial charge in [0.2, 0.25) is 10.0 Å². The van der Waals surface area contributed by atoms with E-state index < -0.39 is 43.6 Å². The van der Waals surface area contributed by atoms with Crippen molar-refractivity contribution < 1.29 is 31.1 Å². The van der Waals surface area contributed by atoms with Crippen molar-refractivity contribution in [3.63, 3.8) is 0 Å². The zero-order valence-electron chi connectivity index (χ0n) is 13.8. The van der Waals surface area contributed by atoms with E-state index in [1.807, 2.05) is 0 Å². The van der Waals surface area contributed by atoms with Crippen LogP contribution in [0.2, 0.25) is 0 Å². The molecule has 0 aromatic heterocycles. The fraction of sp³-hybridized carbons (Fsp3) is 0.533. The standard InChI is InChI=1S/C15H19F3N2O4S/c1-14(8-19)5-6-20(9-14)25(22,23)12-7-10(15(16,17)18)3-4-11(12)13(21)24-2/h3-4,7H,5-6,8-9,19H2,1-2H3. The lowest BCUT2D eigenvalue weighted by Gasteiger charge is -2.23. The molecule has 0 saturated carbocycles. The lowest BCUT2D eigenvalue weighted by atomic mass is 9.90. The van der Waals surface area contributed by atoms with Crippen molar-refractivity contribution in [1.82, 2.24) is 4.31 Å². The average Bonchev–Trinajstić information content (AvgIpc) is 2.96. The Hall–Kier alpha value is -1.65. The van der Waals surface area contributed by atoms with Gasteiger partial charge in [0.05, 0.1) is 23.1 Å². The number of esters is 1. The van der Waals surface area contributed by atoms with Gasteiger partial charge in [-0.15, -0.1) is 0 Å². The summed E-state index contributed by atoms with van der Waals surface area (Å²) in [5.41, 5.74) is 3.60. The van der Waals surface area contributed by atoms with Gasteiger partial charge in [0.1, 0.15) is 0 Å². The molecule has 6 nitrogen and oxygen atoms in total. The molecule has 140 valence electrons. The SMILES string of the molecule is COC(=O)c1ccc(C(F)(F)F)cc1S(=O)(=O)N1CCC(C)(CN)C1. The van der Waals surface area contributed by atoms with E-state index in [2.05, 4.69) is 4.74 Å². The number of ether oxygens (including phenoxy) is 1. The number of benzene rings is 1. The highest BCUT2D eigenvalue weighted by Crippen LogP contribution is 2.36. The molecule has 2 N–H and O–H groups in total. The van der Waals surface area contributed by atoms with Crippen LogP contribution in [-0.2, 0) is 20.9 Å². The maximum atomic E-state index is 13.0. The predicted octanol–water partition coefficient (Wildman–Crippen LogP) is 1.85. The third-order valence-corrected chi connectivity index (χ3v) is 6.23. The molecule has 1 aliphatic rings. The summed E-state index contributed by atoms with van der Waals surface area (Å²) in [6, 6.07) is 1.94. The van der Waals surface area contributed by atoms with Crippen molar-refractivity contribution in [3.8, 4) is 0 Å². The van der Waals surface area contributed by atoms with E-state index in [1.54, 1.807) is 6.92 Å². The molecule has 1 atom stereocenters. The molecule has 1 aromatic carbocycles. The largest absolute Gasteiger partial charge is 0.465 e. The van der Waals surface area contributed by atoms with Gasteiger partial charge in [-0.05, 0) is 36.6 Å². The minimum absolute atomic E-state index is 0.0721. The van der Waals surface area contributed by atoms with Crippen molar-refractivity contribution >= 4 is 16.0 Å². The van der Waals surface area contributed by atoms with Gasteiger partial charge in [0.25, 0.3) is 0 Å². The molecule has 1 saturated heterocycles. The zero-order valence-corrected chi connectivity index (χ0v) is 14.6. The van der Waals surface area contributed by atoms with Crippen LogP contribution >= 0.6 is 0 Å². The van der Waals surface area contributed by atoms with Crippen LogP contribution in [0.1, 0.15) is 29.3 Å². The number of nitrogens with two attached hydrogens (primary N) is 1. The Morgan fingerprint density at radius 2 is 2.04 bits per heavy atom. The molecule has 0 amide bonds. The Morgan fingerprint density at radius 3 is 2.52 bits per heavy atom. The number of halogens is 3. The molecule has 1 heterocycles. The van der Waals surface area contributed by atoms with Crippen LogP contribution in [0, 0.1) is 5.41 Å². The minimum Gasteiger partial charge on any atom is -0.465 e. The van der Waals surface area contributed by atoms with Crippen molar-refractivity contribution in [2.45, 2.75) is 24.4 Å². The van der Waals surface area contributed by atoms with Gasteiger partial charge in [0.15, 0.2) is 0 Å². The molecule has 0 aliphatic carbocycles. The van der Waals surface area contributed by atoms with Crippen LogP contribution in [0.15, 0.2) is 23.1 Å². The first-order chi connectivity index (χ1) is 11.4. The van der Waals surface area contributed by atoms with Crippen molar-refractivity contribution in [1.29, 1.82) is 0 Å². The quantitative estimate of drug-likeness (QED) is 0.806. The fourth-order valence-corrected chi connectivity index (χ4v) is 4.48. The molecule has 0 spiro atoms. The summed E-state index contributed by atoms with van der Waals surface area (Å²) in [5.74, 6) is -1.02. The van der Waals surface area contributed by atoms with E-state index in [9.17, 15) is 26.4 Å². The molecule has 0 bridgehead atoms. The lowest BCUT2D eigenvalue weighted by Crippen LogP contribution is -2.35. The van der Waals surface area contributed by atoms with Crippen LogP contribution in [0.3, 0.4) is 0 Å². The second-order valence-corrected chi connectivity index (χ2v) is 8.21. The Bertz CT molecular complexity index is 779. The first-order valence-electron chi connectivity index (χ1n) is 7.44. The number of hydrogen-bond donors (Lipinski definition) is 1. The third kappa shape index (κ3) is 3.80. The van der Waals surface area contributed by atoms with Gasteiger partial charge >= 0.3 is 12.1 Å². The molecule has 1 fully saturated rings. The number of alkyl halides is 3. The molecule has 10 heteroatoms. The highest BCUT2D eigenvalue weighted by molar-refractivity contribution is 7.89. The van der Waals surface area contributed by atoms with Crippen LogP contribution in [0.4, 0.5) is 13.2 Å². The highest BCUT2D eigenvalue weighted by atomic mass is 32.2. The van der Waals surface area contributed by atoms with E-state index in [0.717, 1.165) is 17.5 Å². The van der Waals surface area contributed by atoms with Crippen LogP contribution in [0.5, 0.6) is 0 Å². The number of methoxy groups -OCH3 is 1. The molecular weight excluding hydrogens is 361 g/mol. The predicted molar refractivity (Wildman–Crippen MR) is 83.3 cm³/mol. The van der Waals surface area contributed by atoms with Crippen molar-refractivity contribution in [2.24, 2.45) is 11.1 Å². The summed E-state index contributed by atoms with van der Waals surface area (Å²) in [7, 11) is -3.29. The topological polar surface area (TPSA) is 89.7 Å². The van der Waals surface area contributed by atoms with Crippen molar-refractivity contribution in [2.75, 3.05) is 26.7 Å². The average molecular weight is 380 g/mol. The Labute approximate surface area is 143 Å². The van der Waals surface area contributed by atoms with E-state index in [0.29, 0.717) is 18.6 Å². The number of hydrogen-bond acceptors (Lipinski definition) is 5. The van der Waals surface area contributed by atoms with Crippen LogP contribution < -0.4 is 5.73 Å². The normalized spacial score (nSPS) is 22.2. The summed E-state index contributed by atoms with van der Waals surface area (Å²) in [6.45, 7) is 2.23. The molecular formula is C15H19F3N2O4S. The van der Waals surface area contributed by atoms with Gasteiger partial charge in [0, 0.05) is 13.1 Å². The van der Waals surface area contributed by atoms with Gasteiger partial charge in [-0.1, -0.05) is 6.92 Å². The summed E-state index contributed by atoms with van der Waals surface area (Å²) in [4.78, 5) is 11.1. The summed E-state index contributed by atoms with van der Waals surface area (Å²) in [6.07, 6.45) is -4.26. The summed E-state index contributed by atoms with van der Waals surface area (Å²) < 4.78 is 70.2. The van der Waals surface area contributed by atoms with Gasteiger partial charge < -0.3 is 10.5 Å². The number of nitrogens with zero attached hydrogens (tertiary/aromatic N) is 1. The molecule has 25 heavy (non-hydrogen) atoms. The highest BCUT2D eigenvalue weighted by Gasteiger charge is 2.41. The van der Waals surface area contributed by atoms with E-state index in [1.165, 1.54) is 0 Å². The van der Waals surface area contributed by atoms with E-state index >= 15 is 0 Å². The second kappa shape index (κ2) is 6.58. The molecule has 0 radical (unpaired) electrons. The Balaban J connectivity index is 2.56. The fourth-order valence-electron chi connectivity index (χ4n) is 2.68. The van der Waals surface area contributed by atoms with Crippen LogP contribution in [0.25, 0.3) is 0 Å². The van der Waals surface area contributed by atoms with Gasteiger partial charge in [-0.25, -0.2) is 13.2 Å².